The number of ether oxygens (including phenoxy) is 1. The van der Waals surface area contributed by atoms with Crippen molar-refractivity contribution in [1.29, 1.82) is 0 Å². The number of urea groups is 1. The largest absolute Gasteiger partial charge is 0.482 e. The van der Waals surface area contributed by atoms with E-state index in [4.69, 9.17) is 22.1 Å². The molecule has 0 saturated carbocycles. The Morgan fingerprint density at radius 3 is 2.60 bits per heavy atom. The lowest BCUT2D eigenvalue weighted by Gasteiger charge is -2.28. The van der Waals surface area contributed by atoms with E-state index in [1.807, 2.05) is 13.0 Å². The van der Waals surface area contributed by atoms with Gasteiger partial charge in [-0.1, -0.05) is 29.8 Å². The topological polar surface area (TPSA) is 119 Å². The zero-order valence-corrected chi connectivity index (χ0v) is 16.9. The van der Waals surface area contributed by atoms with Crippen molar-refractivity contribution in [3.05, 3.63) is 63.7 Å². The molecule has 1 aliphatic rings. The predicted molar refractivity (Wildman–Crippen MR) is 111 cm³/mol. The van der Waals surface area contributed by atoms with Gasteiger partial charge in [0.25, 0.3) is 17.7 Å². The highest BCUT2D eigenvalue weighted by atomic mass is 35.5. The standard InChI is InChI=1S/C21H18ClN3O5/c1-11-4-3-5-16(12(11)2)25-20(28)14(19(27)24-21(25)29)8-13-6-7-17(15(22)9-13)30-10-18(23)26/h3-9H,10H2,1-2H3,(H2,23,26)(H,24,27,29). The van der Waals surface area contributed by atoms with E-state index < -0.39 is 23.8 Å². The normalized spacial score (nSPS) is 15.4. The molecule has 3 N–H and O–H groups in total. The number of hydrogen-bond acceptors (Lipinski definition) is 5. The van der Waals surface area contributed by atoms with Gasteiger partial charge in [0.15, 0.2) is 6.61 Å². The number of barbiturate groups is 1. The van der Waals surface area contributed by atoms with Crippen LogP contribution in [0.2, 0.25) is 5.02 Å². The first kappa shape index (κ1) is 21.1. The van der Waals surface area contributed by atoms with Gasteiger partial charge in [-0.25, -0.2) is 9.69 Å². The van der Waals surface area contributed by atoms with Gasteiger partial charge in [-0.2, -0.15) is 0 Å². The van der Waals surface area contributed by atoms with Crippen LogP contribution in [0.15, 0.2) is 42.0 Å². The molecule has 1 saturated heterocycles. The van der Waals surface area contributed by atoms with Crippen LogP contribution >= 0.6 is 11.6 Å². The predicted octanol–water partition coefficient (Wildman–Crippen LogP) is 2.49. The highest BCUT2D eigenvalue weighted by Gasteiger charge is 2.37. The summed E-state index contributed by atoms with van der Waals surface area (Å²) >= 11 is 6.13. The molecular weight excluding hydrogens is 410 g/mol. The van der Waals surface area contributed by atoms with Crippen LogP contribution in [0.4, 0.5) is 10.5 Å². The summed E-state index contributed by atoms with van der Waals surface area (Å²) in [6.07, 6.45) is 1.33. The number of primary amides is 1. The molecule has 0 aliphatic carbocycles. The molecule has 1 fully saturated rings. The maximum atomic E-state index is 13.0. The van der Waals surface area contributed by atoms with Crippen LogP contribution in [-0.2, 0) is 14.4 Å². The monoisotopic (exact) mass is 427 g/mol. The van der Waals surface area contributed by atoms with Crippen LogP contribution in [-0.4, -0.2) is 30.4 Å². The van der Waals surface area contributed by atoms with Gasteiger partial charge in [0.05, 0.1) is 10.7 Å². The van der Waals surface area contributed by atoms with E-state index in [2.05, 4.69) is 5.32 Å². The average Bonchev–Trinajstić information content (AvgIpc) is 2.67. The van der Waals surface area contributed by atoms with Gasteiger partial charge in [-0.15, -0.1) is 0 Å². The number of nitrogens with two attached hydrogens (primary N) is 1. The molecule has 0 spiro atoms. The quantitative estimate of drug-likeness (QED) is 0.561. The maximum Gasteiger partial charge on any atom is 0.335 e. The van der Waals surface area contributed by atoms with Gasteiger partial charge in [-0.3, -0.25) is 19.7 Å². The van der Waals surface area contributed by atoms with Crippen LogP contribution in [0, 0.1) is 13.8 Å². The second-order valence-electron chi connectivity index (χ2n) is 6.62. The van der Waals surface area contributed by atoms with E-state index in [0.29, 0.717) is 11.3 Å². The summed E-state index contributed by atoms with van der Waals surface area (Å²) in [5.74, 6) is -1.98. The van der Waals surface area contributed by atoms with Crippen molar-refractivity contribution in [3.63, 3.8) is 0 Å². The lowest BCUT2D eigenvalue weighted by molar-refractivity contribution is -0.123. The Morgan fingerprint density at radius 1 is 1.20 bits per heavy atom. The molecule has 0 aromatic heterocycles. The third-order valence-electron chi connectivity index (χ3n) is 4.56. The third kappa shape index (κ3) is 4.18. The van der Waals surface area contributed by atoms with Gasteiger partial charge < -0.3 is 10.5 Å². The number of halogens is 1. The van der Waals surface area contributed by atoms with E-state index in [-0.39, 0.29) is 23.0 Å². The van der Waals surface area contributed by atoms with Crippen LogP contribution in [0.1, 0.15) is 16.7 Å². The Bertz CT molecular complexity index is 1110. The van der Waals surface area contributed by atoms with Crippen molar-refractivity contribution >= 4 is 47.1 Å². The smallest absolute Gasteiger partial charge is 0.335 e. The second kappa shape index (κ2) is 8.38. The van der Waals surface area contributed by atoms with E-state index in [1.54, 1.807) is 25.1 Å². The highest BCUT2D eigenvalue weighted by Crippen LogP contribution is 2.29. The van der Waals surface area contributed by atoms with Crippen LogP contribution in [0.5, 0.6) is 5.75 Å². The lowest BCUT2D eigenvalue weighted by atomic mass is 10.0. The molecular formula is C21H18ClN3O5. The van der Waals surface area contributed by atoms with E-state index in [9.17, 15) is 19.2 Å². The van der Waals surface area contributed by atoms with Gasteiger partial charge in [-0.05, 0) is 54.8 Å². The van der Waals surface area contributed by atoms with Crippen LogP contribution < -0.4 is 20.7 Å². The minimum absolute atomic E-state index is 0.164. The van der Waals surface area contributed by atoms with Crippen LogP contribution in [0.3, 0.4) is 0 Å². The number of anilines is 1. The zero-order valence-electron chi connectivity index (χ0n) is 16.2. The molecule has 9 heteroatoms. The third-order valence-corrected chi connectivity index (χ3v) is 4.85. The summed E-state index contributed by atoms with van der Waals surface area (Å²) in [6, 6.07) is 8.90. The molecule has 8 nitrogen and oxygen atoms in total. The van der Waals surface area contributed by atoms with Crippen molar-refractivity contribution < 1.29 is 23.9 Å². The van der Waals surface area contributed by atoms with Crippen molar-refractivity contribution in [1.82, 2.24) is 5.32 Å². The fourth-order valence-electron chi connectivity index (χ4n) is 2.89. The molecule has 0 unspecified atom stereocenters. The van der Waals surface area contributed by atoms with E-state index in [0.717, 1.165) is 16.0 Å². The molecule has 5 amide bonds. The summed E-state index contributed by atoms with van der Waals surface area (Å²) < 4.78 is 5.17. The number of nitrogens with zero attached hydrogens (tertiary/aromatic N) is 1. The first-order chi connectivity index (χ1) is 14.2. The van der Waals surface area contributed by atoms with Gasteiger partial charge >= 0.3 is 6.03 Å². The second-order valence-corrected chi connectivity index (χ2v) is 7.03. The number of imide groups is 2. The van der Waals surface area contributed by atoms with E-state index >= 15 is 0 Å². The van der Waals surface area contributed by atoms with E-state index in [1.165, 1.54) is 18.2 Å². The molecule has 0 bridgehead atoms. The number of benzene rings is 2. The summed E-state index contributed by atoms with van der Waals surface area (Å²) in [5, 5.41) is 2.35. The first-order valence-electron chi connectivity index (χ1n) is 8.87. The molecule has 2 aromatic rings. The molecule has 3 rings (SSSR count). The summed E-state index contributed by atoms with van der Waals surface area (Å²) in [7, 11) is 0. The summed E-state index contributed by atoms with van der Waals surface area (Å²) in [4.78, 5) is 49.5. The average molecular weight is 428 g/mol. The van der Waals surface area contributed by atoms with Crippen LogP contribution in [0.25, 0.3) is 6.08 Å². The number of aryl methyl sites for hydroxylation is 1. The van der Waals surface area contributed by atoms with Crippen molar-refractivity contribution in [2.75, 3.05) is 11.5 Å². The molecule has 1 aliphatic heterocycles. The number of rotatable bonds is 5. The molecule has 0 atom stereocenters. The molecule has 30 heavy (non-hydrogen) atoms. The summed E-state index contributed by atoms with van der Waals surface area (Å²) in [5.41, 5.74) is 7.28. The van der Waals surface area contributed by atoms with Gasteiger partial charge in [0.1, 0.15) is 11.3 Å². The molecule has 1 heterocycles. The SMILES string of the molecule is Cc1cccc(N2C(=O)NC(=O)C(=Cc3ccc(OCC(N)=O)c(Cl)c3)C2=O)c1C. The number of hydrogen-bond donors (Lipinski definition) is 2. The zero-order chi connectivity index (χ0) is 22.0. The number of amides is 5. The van der Waals surface area contributed by atoms with Gasteiger partial charge in [0.2, 0.25) is 0 Å². The Hall–Kier alpha value is -3.65. The Labute approximate surface area is 177 Å². The number of carbonyl (C=O) groups is 4. The van der Waals surface area contributed by atoms with Crippen molar-refractivity contribution in [2.24, 2.45) is 5.73 Å². The summed E-state index contributed by atoms with van der Waals surface area (Å²) in [6.45, 7) is 3.31. The minimum atomic E-state index is -0.816. The first-order valence-corrected chi connectivity index (χ1v) is 9.25. The molecule has 0 radical (unpaired) electrons. The Balaban J connectivity index is 1.96. The fraction of sp³-hybridized carbons (Fsp3) is 0.143. The minimum Gasteiger partial charge on any atom is -0.482 e. The van der Waals surface area contributed by atoms with Crippen molar-refractivity contribution in [2.45, 2.75) is 13.8 Å². The lowest BCUT2D eigenvalue weighted by Crippen LogP contribution is -2.54. The van der Waals surface area contributed by atoms with Crippen molar-refractivity contribution in [3.8, 4) is 5.75 Å². The van der Waals surface area contributed by atoms with Gasteiger partial charge in [0, 0.05) is 0 Å². The highest BCUT2D eigenvalue weighted by molar-refractivity contribution is 6.39. The molecule has 154 valence electrons. The number of carbonyl (C=O) groups excluding carboxylic acids is 4. The molecule has 2 aromatic carbocycles. The maximum absolute atomic E-state index is 13.0. The Kier molecular flexibility index (Phi) is 5.89. The fourth-order valence-corrected chi connectivity index (χ4v) is 3.14. The number of nitrogens with one attached hydrogen (secondary N) is 1. The Morgan fingerprint density at radius 2 is 1.93 bits per heavy atom.